The van der Waals surface area contributed by atoms with Gasteiger partial charge in [-0.05, 0) is 49.4 Å². The largest absolute Gasteiger partial charge is 0.449 e. The smallest absolute Gasteiger partial charge is 0.340 e. The minimum atomic E-state index is -3.82. The van der Waals surface area contributed by atoms with Crippen LogP contribution in [0, 0.1) is 0 Å². The Bertz CT molecular complexity index is 946. The van der Waals surface area contributed by atoms with Crippen LogP contribution >= 0.6 is 23.2 Å². The van der Waals surface area contributed by atoms with Crippen molar-refractivity contribution in [1.29, 1.82) is 0 Å². The number of benzene rings is 2. The summed E-state index contributed by atoms with van der Waals surface area (Å²) in [4.78, 5) is 24.1. The molecular formula is C16H14Cl2N2O5S. The molecule has 138 valence electrons. The fourth-order valence-corrected chi connectivity index (χ4v) is 2.79. The fourth-order valence-electron chi connectivity index (χ4n) is 1.90. The molecule has 0 fully saturated rings. The number of nitrogens with two attached hydrogens (primary N) is 1. The third kappa shape index (κ3) is 5.18. The van der Waals surface area contributed by atoms with Crippen LogP contribution in [-0.4, -0.2) is 26.4 Å². The van der Waals surface area contributed by atoms with Crippen LogP contribution in [0.5, 0.6) is 0 Å². The Hall–Kier alpha value is -2.13. The van der Waals surface area contributed by atoms with E-state index in [-0.39, 0.29) is 15.5 Å². The third-order valence-electron chi connectivity index (χ3n) is 3.25. The van der Waals surface area contributed by atoms with Gasteiger partial charge >= 0.3 is 5.97 Å². The van der Waals surface area contributed by atoms with Gasteiger partial charge in [0.2, 0.25) is 10.0 Å². The molecule has 10 heteroatoms. The van der Waals surface area contributed by atoms with Crippen LogP contribution in [0.15, 0.2) is 47.4 Å². The van der Waals surface area contributed by atoms with Crippen LogP contribution in [0.4, 0.5) is 5.69 Å². The third-order valence-corrected chi connectivity index (χ3v) is 4.75. The molecule has 0 saturated carbocycles. The molecule has 26 heavy (non-hydrogen) atoms. The SMILES string of the molecule is C[C@H](OC(=O)c1cc(Cl)ccc1Cl)C(=O)Nc1ccc(S(N)(=O)=O)cc1. The van der Waals surface area contributed by atoms with Crippen LogP contribution in [0.1, 0.15) is 17.3 Å². The van der Waals surface area contributed by atoms with E-state index in [2.05, 4.69) is 5.32 Å². The van der Waals surface area contributed by atoms with E-state index in [0.717, 1.165) is 0 Å². The van der Waals surface area contributed by atoms with E-state index in [0.29, 0.717) is 10.7 Å². The molecule has 2 aromatic rings. The van der Waals surface area contributed by atoms with Gasteiger partial charge in [-0.3, -0.25) is 4.79 Å². The number of carbonyl (C=O) groups is 2. The Balaban J connectivity index is 2.03. The molecule has 2 rings (SSSR count). The first-order chi connectivity index (χ1) is 12.1. The summed E-state index contributed by atoms with van der Waals surface area (Å²) in [5.41, 5.74) is 0.349. The molecule has 0 heterocycles. The molecule has 1 amide bonds. The Morgan fingerprint density at radius 1 is 1.12 bits per heavy atom. The lowest BCUT2D eigenvalue weighted by Gasteiger charge is -2.14. The van der Waals surface area contributed by atoms with Crippen LogP contribution in [0.25, 0.3) is 0 Å². The number of rotatable bonds is 5. The minimum absolute atomic E-state index is 0.0383. The van der Waals surface area contributed by atoms with Gasteiger partial charge in [0.25, 0.3) is 5.91 Å². The quantitative estimate of drug-likeness (QED) is 0.726. The van der Waals surface area contributed by atoms with Crippen LogP contribution in [-0.2, 0) is 19.6 Å². The number of carbonyl (C=O) groups excluding carboxylic acids is 2. The first-order valence-electron chi connectivity index (χ1n) is 7.17. The zero-order valence-corrected chi connectivity index (χ0v) is 15.7. The summed E-state index contributed by atoms with van der Waals surface area (Å²) >= 11 is 11.7. The van der Waals surface area contributed by atoms with Crippen LogP contribution < -0.4 is 10.5 Å². The normalized spacial score (nSPS) is 12.3. The van der Waals surface area contributed by atoms with Crippen LogP contribution in [0.3, 0.4) is 0 Å². The average molecular weight is 417 g/mol. The highest BCUT2D eigenvalue weighted by Crippen LogP contribution is 2.22. The second-order valence-electron chi connectivity index (χ2n) is 5.23. The predicted octanol–water partition coefficient (Wildman–Crippen LogP) is 2.82. The minimum Gasteiger partial charge on any atom is -0.449 e. The summed E-state index contributed by atoms with van der Waals surface area (Å²) < 4.78 is 27.5. The van der Waals surface area contributed by atoms with Crippen molar-refractivity contribution in [3.8, 4) is 0 Å². The van der Waals surface area contributed by atoms with Gasteiger partial charge in [0.15, 0.2) is 6.10 Å². The standard InChI is InChI=1S/C16H14Cl2N2O5S/c1-9(25-16(22)13-8-10(17)2-7-14(13)18)15(21)20-11-3-5-12(6-4-11)26(19,23)24/h2-9H,1H3,(H,20,21)(H2,19,23,24)/t9-/m0/s1. The van der Waals surface area contributed by atoms with Crippen molar-refractivity contribution in [2.75, 3.05) is 5.32 Å². The van der Waals surface area contributed by atoms with Gasteiger partial charge in [0, 0.05) is 10.7 Å². The fraction of sp³-hybridized carbons (Fsp3) is 0.125. The first kappa shape index (κ1) is 20.2. The van der Waals surface area contributed by atoms with E-state index in [4.69, 9.17) is 33.1 Å². The summed E-state index contributed by atoms with van der Waals surface area (Å²) in [5, 5.41) is 7.93. The Morgan fingerprint density at radius 3 is 2.31 bits per heavy atom. The van der Waals surface area contributed by atoms with Crippen molar-refractivity contribution >= 4 is 50.8 Å². The molecule has 0 aromatic heterocycles. The maximum absolute atomic E-state index is 12.1. The molecule has 0 aliphatic rings. The van der Waals surface area contributed by atoms with Gasteiger partial charge < -0.3 is 10.1 Å². The van der Waals surface area contributed by atoms with Gasteiger partial charge in [-0.25, -0.2) is 18.4 Å². The summed E-state index contributed by atoms with van der Waals surface area (Å²) in [6.45, 7) is 1.38. The van der Waals surface area contributed by atoms with Gasteiger partial charge in [-0.2, -0.15) is 0 Å². The van der Waals surface area contributed by atoms with E-state index in [1.54, 1.807) is 0 Å². The van der Waals surface area contributed by atoms with E-state index in [9.17, 15) is 18.0 Å². The zero-order valence-electron chi connectivity index (χ0n) is 13.4. The van der Waals surface area contributed by atoms with Crippen molar-refractivity contribution in [3.05, 3.63) is 58.1 Å². The summed E-state index contributed by atoms with van der Waals surface area (Å²) in [7, 11) is -3.82. The Morgan fingerprint density at radius 2 is 1.73 bits per heavy atom. The molecule has 0 bridgehead atoms. The molecule has 0 unspecified atom stereocenters. The monoisotopic (exact) mass is 416 g/mol. The van der Waals surface area contributed by atoms with Gasteiger partial charge in [-0.1, -0.05) is 23.2 Å². The van der Waals surface area contributed by atoms with Crippen LogP contribution in [0.2, 0.25) is 10.0 Å². The number of amides is 1. The highest BCUT2D eigenvalue weighted by atomic mass is 35.5. The Labute approximate surface area is 160 Å². The Kier molecular flexibility index (Phi) is 6.25. The van der Waals surface area contributed by atoms with Crippen molar-refractivity contribution in [2.24, 2.45) is 5.14 Å². The molecule has 0 spiro atoms. The van der Waals surface area contributed by atoms with Crippen molar-refractivity contribution in [2.45, 2.75) is 17.9 Å². The lowest BCUT2D eigenvalue weighted by atomic mass is 10.2. The van der Waals surface area contributed by atoms with Gasteiger partial charge in [0.05, 0.1) is 15.5 Å². The number of sulfonamides is 1. The van der Waals surface area contributed by atoms with Gasteiger partial charge in [0.1, 0.15) is 0 Å². The number of anilines is 1. The van der Waals surface area contributed by atoms with E-state index in [1.807, 2.05) is 0 Å². The molecule has 7 nitrogen and oxygen atoms in total. The number of nitrogens with one attached hydrogen (secondary N) is 1. The molecule has 0 aliphatic carbocycles. The second kappa shape index (κ2) is 8.05. The lowest BCUT2D eigenvalue weighted by molar-refractivity contribution is -0.123. The topological polar surface area (TPSA) is 116 Å². The number of halogens is 2. The van der Waals surface area contributed by atoms with Crippen molar-refractivity contribution in [1.82, 2.24) is 0 Å². The van der Waals surface area contributed by atoms with E-state index < -0.39 is 28.0 Å². The average Bonchev–Trinajstić information content (AvgIpc) is 2.56. The maximum Gasteiger partial charge on any atom is 0.340 e. The summed E-state index contributed by atoms with van der Waals surface area (Å²) in [6.07, 6.45) is -1.13. The number of ether oxygens (including phenoxy) is 1. The maximum atomic E-state index is 12.1. The lowest BCUT2D eigenvalue weighted by Crippen LogP contribution is -2.30. The molecule has 0 saturated heterocycles. The number of esters is 1. The number of hydrogen-bond donors (Lipinski definition) is 2. The molecule has 2 aromatic carbocycles. The molecule has 0 aliphatic heterocycles. The summed E-state index contributed by atoms with van der Waals surface area (Å²) in [5.74, 6) is -1.41. The highest BCUT2D eigenvalue weighted by molar-refractivity contribution is 7.89. The van der Waals surface area contributed by atoms with E-state index in [1.165, 1.54) is 49.4 Å². The number of hydrogen-bond acceptors (Lipinski definition) is 5. The molecule has 0 radical (unpaired) electrons. The number of primary sulfonamides is 1. The van der Waals surface area contributed by atoms with Crippen molar-refractivity contribution in [3.63, 3.8) is 0 Å². The molecule has 1 atom stereocenters. The zero-order chi connectivity index (χ0) is 19.5. The predicted molar refractivity (Wildman–Crippen MR) is 97.8 cm³/mol. The van der Waals surface area contributed by atoms with Gasteiger partial charge in [-0.15, -0.1) is 0 Å². The molecule has 3 N–H and O–H groups in total. The molecular weight excluding hydrogens is 403 g/mol. The first-order valence-corrected chi connectivity index (χ1v) is 9.48. The van der Waals surface area contributed by atoms with Crippen molar-refractivity contribution < 1.29 is 22.7 Å². The van der Waals surface area contributed by atoms with E-state index >= 15 is 0 Å². The second-order valence-corrected chi connectivity index (χ2v) is 7.64. The highest BCUT2D eigenvalue weighted by Gasteiger charge is 2.21. The summed E-state index contributed by atoms with van der Waals surface area (Å²) in [6, 6.07) is 9.50.